The second-order valence-corrected chi connectivity index (χ2v) is 3.00. The normalized spacial score (nSPS) is 12.2. The minimum Gasteiger partial charge on any atom is -0.435 e. The maximum atomic E-state index is 11.0. The molecule has 0 aromatic rings. The highest BCUT2D eigenvalue weighted by Gasteiger charge is 2.11. The molecular formula is C10H18O2. The fraction of sp³-hybridized carbons (Fsp3) is 0.700. The summed E-state index contributed by atoms with van der Waals surface area (Å²) in [5.74, 6) is -0.157. The standard InChI is InChI=1S/C10H18O2/c1-4-6-7-8-9(3)10(11)12-5-2/h5,9H,2,4,6-8H2,1,3H3. The Morgan fingerprint density at radius 1 is 1.58 bits per heavy atom. The third kappa shape index (κ3) is 4.94. The highest BCUT2D eigenvalue weighted by molar-refractivity contribution is 5.72. The molecule has 0 saturated carbocycles. The number of carbonyl (C=O) groups is 1. The van der Waals surface area contributed by atoms with Crippen molar-refractivity contribution in [2.24, 2.45) is 5.92 Å². The molecule has 70 valence electrons. The van der Waals surface area contributed by atoms with Gasteiger partial charge in [0.1, 0.15) is 0 Å². The van der Waals surface area contributed by atoms with Crippen LogP contribution in [0.3, 0.4) is 0 Å². The number of ether oxygens (including phenoxy) is 1. The van der Waals surface area contributed by atoms with Crippen molar-refractivity contribution >= 4 is 5.97 Å². The molecule has 1 unspecified atom stereocenters. The summed E-state index contributed by atoms with van der Waals surface area (Å²) in [6.07, 6.45) is 5.58. The van der Waals surface area contributed by atoms with E-state index in [1.165, 1.54) is 19.1 Å². The molecule has 0 aliphatic carbocycles. The Labute approximate surface area is 74.6 Å². The summed E-state index contributed by atoms with van der Waals surface area (Å²) in [4.78, 5) is 11.0. The van der Waals surface area contributed by atoms with Gasteiger partial charge in [0.15, 0.2) is 0 Å². The third-order valence-corrected chi connectivity index (χ3v) is 1.84. The number of esters is 1. The molecule has 2 heteroatoms. The maximum Gasteiger partial charge on any atom is 0.313 e. The Balaban J connectivity index is 3.49. The van der Waals surface area contributed by atoms with Crippen LogP contribution >= 0.6 is 0 Å². The number of unbranched alkanes of at least 4 members (excludes halogenated alkanes) is 2. The van der Waals surface area contributed by atoms with Crippen molar-refractivity contribution in [1.82, 2.24) is 0 Å². The van der Waals surface area contributed by atoms with E-state index in [0.717, 1.165) is 12.8 Å². The van der Waals surface area contributed by atoms with Crippen molar-refractivity contribution in [1.29, 1.82) is 0 Å². The average Bonchev–Trinajstić information content (AvgIpc) is 2.05. The topological polar surface area (TPSA) is 26.3 Å². The van der Waals surface area contributed by atoms with Crippen molar-refractivity contribution in [3.8, 4) is 0 Å². The second kappa shape index (κ2) is 6.89. The van der Waals surface area contributed by atoms with Crippen LogP contribution in [0.5, 0.6) is 0 Å². The zero-order valence-corrected chi connectivity index (χ0v) is 8.01. The summed E-state index contributed by atoms with van der Waals surface area (Å²) in [6.45, 7) is 7.37. The SMILES string of the molecule is C=COC(=O)C(C)CCCCC. The Morgan fingerprint density at radius 3 is 2.75 bits per heavy atom. The lowest BCUT2D eigenvalue weighted by Gasteiger charge is -2.07. The lowest BCUT2D eigenvalue weighted by Crippen LogP contribution is -2.11. The molecule has 0 N–H and O–H groups in total. The van der Waals surface area contributed by atoms with Crippen molar-refractivity contribution in [2.45, 2.75) is 39.5 Å². The van der Waals surface area contributed by atoms with E-state index in [9.17, 15) is 4.79 Å². The van der Waals surface area contributed by atoms with Gasteiger partial charge >= 0.3 is 5.97 Å². The first-order valence-corrected chi connectivity index (χ1v) is 4.53. The summed E-state index contributed by atoms with van der Waals surface area (Å²) in [5, 5.41) is 0. The van der Waals surface area contributed by atoms with E-state index in [-0.39, 0.29) is 11.9 Å². The Kier molecular flexibility index (Phi) is 6.44. The molecule has 1 atom stereocenters. The van der Waals surface area contributed by atoms with Crippen LogP contribution in [0.15, 0.2) is 12.8 Å². The zero-order chi connectivity index (χ0) is 9.40. The molecule has 0 heterocycles. The molecule has 12 heavy (non-hydrogen) atoms. The van der Waals surface area contributed by atoms with Gasteiger partial charge in [-0.15, -0.1) is 0 Å². The Bertz CT molecular complexity index is 141. The summed E-state index contributed by atoms with van der Waals surface area (Å²) in [7, 11) is 0. The van der Waals surface area contributed by atoms with E-state index in [1.54, 1.807) is 0 Å². The number of carbonyl (C=O) groups excluding carboxylic acids is 1. The maximum absolute atomic E-state index is 11.0. The predicted octanol–water partition coefficient (Wildman–Crippen LogP) is 2.89. The molecule has 0 saturated heterocycles. The average molecular weight is 170 g/mol. The fourth-order valence-electron chi connectivity index (χ4n) is 1.02. The predicted molar refractivity (Wildman–Crippen MR) is 49.6 cm³/mol. The van der Waals surface area contributed by atoms with E-state index in [0.29, 0.717) is 0 Å². The van der Waals surface area contributed by atoms with E-state index in [2.05, 4.69) is 18.2 Å². The lowest BCUT2D eigenvalue weighted by molar-refractivity contribution is -0.142. The van der Waals surface area contributed by atoms with E-state index in [1.807, 2.05) is 6.92 Å². The Hall–Kier alpha value is -0.790. The molecule has 0 aliphatic heterocycles. The van der Waals surface area contributed by atoms with Gasteiger partial charge in [0.2, 0.25) is 0 Å². The van der Waals surface area contributed by atoms with Gasteiger partial charge < -0.3 is 4.74 Å². The molecule has 0 bridgehead atoms. The number of hydrogen-bond donors (Lipinski definition) is 0. The molecule has 0 fully saturated rings. The van der Waals surface area contributed by atoms with Gasteiger partial charge in [-0.05, 0) is 6.42 Å². The molecule has 0 spiro atoms. The van der Waals surface area contributed by atoms with Gasteiger partial charge in [0, 0.05) is 0 Å². The molecule has 0 aliphatic rings. The first kappa shape index (κ1) is 11.2. The molecule has 0 aromatic heterocycles. The van der Waals surface area contributed by atoms with Crippen LogP contribution in [0.2, 0.25) is 0 Å². The molecular weight excluding hydrogens is 152 g/mol. The summed E-state index contributed by atoms with van der Waals surface area (Å²) in [5.41, 5.74) is 0. The third-order valence-electron chi connectivity index (χ3n) is 1.84. The zero-order valence-electron chi connectivity index (χ0n) is 8.01. The van der Waals surface area contributed by atoms with Gasteiger partial charge in [0.25, 0.3) is 0 Å². The number of hydrogen-bond acceptors (Lipinski definition) is 2. The van der Waals surface area contributed by atoms with Crippen molar-refractivity contribution in [3.63, 3.8) is 0 Å². The van der Waals surface area contributed by atoms with Crippen molar-refractivity contribution in [3.05, 3.63) is 12.8 Å². The highest BCUT2D eigenvalue weighted by atomic mass is 16.5. The van der Waals surface area contributed by atoms with E-state index in [4.69, 9.17) is 0 Å². The van der Waals surface area contributed by atoms with Gasteiger partial charge in [0.05, 0.1) is 12.2 Å². The largest absolute Gasteiger partial charge is 0.435 e. The summed E-state index contributed by atoms with van der Waals surface area (Å²) in [6, 6.07) is 0. The van der Waals surface area contributed by atoms with Crippen molar-refractivity contribution < 1.29 is 9.53 Å². The second-order valence-electron chi connectivity index (χ2n) is 3.00. The van der Waals surface area contributed by atoms with Gasteiger partial charge in [-0.25, -0.2) is 0 Å². The van der Waals surface area contributed by atoms with E-state index < -0.39 is 0 Å². The van der Waals surface area contributed by atoms with E-state index >= 15 is 0 Å². The quantitative estimate of drug-likeness (QED) is 0.348. The van der Waals surface area contributed by atoms with Crippen LogP contribution in [0.1, 0.15) is 39.5 Å². The smallest absolute Gasteiger partial charge is 0.313 e. The summed E-state index contributed by atoms with van der Waals surface area (Å²) >= 11 is 0. The van der Waals surface area contributed by atoms with Crippen LogP contribution in [-0.2, 0) is 9.53 Å². The van der Waals surface area contributed by atoms with Gasteiger partial charge in [-0.3, -0.25) is 4.79 Å². The molecule has 0 amide bonds. The van der Waals surface area contributed by atoms with Crippen LogP contribution in [0.4, 0.5) is 0 Å². The Morgan fingerprint density at radius 2 is 2.25 bits per heavy atom. The minimum atomic E-state index is -0.166. The molecule has 0 radical (unpaired) electrons. The fourth-order valence-corrected chi connectivity index (χ4v) is 1.02. The highest BCUT2D eigenvalue weighted by Crippen LogP contribution is 2.10. The monoisotopic (exact) mass is 170 g/mol. The van der Waals surface area contributed by atoms with Crippen LogP contribution in [0.25, 0.3) is 0 Å². The van der Waals surface area contributed by atoms with Crippen molar-refractivity contribution in [2.75, 3.05) is 0 Å². The van der Waals surface area contributed by atoms with Crippen LogP contribution < -0.4 is 0 Å². The first-order chi connectivity index (χ1) is 5.72. The molecule has 2 nitrogen and oxygen atoms in total. The minimum absolute atomic E-state index is 0.00884. The van der Waals surface area contributed by atoms with Crippen LogP contribution in [-0.4, -0.2) is 5.97 Å². The summed E-state index contributed by atoms with van der Waals surface area (Å²) < 4.78 is 4.66. The van der Waals surface area contributed by atoms with Gasteiger partial charge in [-0.2, -0.15) is 0 Å². The molecule has 0 aromatic carbocycles. The van der Waals surface area contributed by atoms with Crippen LogP contribution in [0, 0.1) is 5.92 Å². The first-order valence-electron chi connectivity index (χ1n) is 4.53. The molecule has 0 rings (SSSR count). The number of rotatable bonds is 6. The lowest BCUT2D eigenvalue weighted by atomic mass is 10.0. The van der Waals surface area contributed by atoms with Gasteiger partial charge in [-0.1, -0.05) is 39.7 Å².